The van der Waals surface area contributed by atoms with Crippen LogP contribution in [-0.2, 0) is 15.1 Å². The van der Waals surface area contributed by atoms with Crippen molar-refractivity contribution in [3.8, 4) is 0 Å². The van der Waals surface area contributed by atoms with E-state index in [-0.39, 0.29) is 11.8 Å². The van der Waals surface area contributed by atoms with Gasteiger partial charge in [-0.3, -0.25) is 4.79 Å². The van der Waals surface area contributed by atoms with Crippen molar-refractivity contribution in [2.75, 3.05) is 40.4 Å². The zero-order chi connectivity index (χ0) is 25.4. The maximum absolute atomic E-state index is 13.4. The van der Waals surface area contributed by atoms with E-state index in [0.717, 1.165) is 67.5 Å². The Bertz CT molecular complexity index is 940. The van der Waals surface area contributed by atoms with Gasteiger partial charge in [0.1, 0.15) is 11.3 Å². The number of aryl methyl sites for hydroxylation is 1. The average molecular weight is 487 g/mol. The van der Waals surface area contributed by atoms with Gasteiger partial charge in [-0.2, -0.15) is 0 Å². The van der Waals surface area contributed by atoms with Crippen molar-refractivity contribution < 1.29 is 19.1 Å². The number of para-hydroxylation sites is 1. The molecule has 2 heterocycles. The maximum atomic E-state index is 13.4. The Labute approximate surface area is 211 Å². The van der Waals surface area contributed by atoms with Gasteiger partial charge < -0.3 is 24.5 Å². The number of ether oxygens (including phenoxy) is 1. The highest BCUT2D eigenvalue weighted by Crippen LogP contribution is 2.43. The average Bonchev–Trinajstić information content (AvgIpc) is 3.21. The third-order valence-electron chi connectivity index (χ3n) is 7.50. The lowest BCUT2D eigenvalue weighted by Crippen LogP contribution is -2.48. The molecule has 6 nitrogen and oxygen atoms in total. The minimum absolute atomic E-state index is 0.0356. The van der Waals surface area contributed by atoms with Crippen molar-refractivity contribution in [1.29, 1.82) is 0 Å². The van der Waals surface area contributed by atoms with Crippen LogP contribution in [-0.4, -0.2) is 56.3 Å². The van der Waals surface area contributed by atoms with Gasteiger partial charge >= 0.3 is 0 Å². The van der Waals surface area contributed by atoms with Gasteiger partial charge in [-0.1, -0.05) is 32.0 Å². The van der Waals surface area contributed by atoms with E-state index in [9.17, 15) is 9.90 Å². The van der Waals surface area contributed by atoms with Crippen LogP contribution < -0.4 is 5.32 Å². The third kappa shape index (κ3) is 7.08. The molecule has 196 valence electrons. The van der Waals surface area contributed by atoms with E-state index in [1.54, 1.807) is 7.11 Å². The second kappa shape index (κ2) is 12.9. The van der Waals surface area contributed by atoms with Gasteiger partial charge in [0.2, 0.25) is 5.91 Å². The number of nitrogens with zero attached hydrogens (tertiary/aromatic N) is 1. The smallest absolute Gasteiger partial charge is 0.222 e. The van der Waals surface area contributed by atoms with Gasteiger partial charge in [0.15, 0.2) is 0 Å². The highest BCUT2D eigenvalue weighted by atomic mass is 16.5. The summed E-state index contributed by atoms with van der Waals surface area (Å²) in [6.45, 7) is 9.26. The fraction of sp³-hybridized carbons (Fsp3) is 0.690. The Kier molecular flexibility index (Phi) is 10.2. The van der Waals surface area contributed by atoms with E-state index in [1.165, 1.54) is 0 Å². The largest absolute Gasteiger partial charge is 0.461 e. The molecule has 0 unspecified atom stereocenters. The van der Waals surface area contributed by atoms with Crippen LogP contribution in [0.3, 0.4) is 0 Å². The summed E-state index contributed by atoms with van der Waals surface area (Å²) in [4.78, 5) is 15.4. The second-order valence-corrected chi connectivity index (χ2v) is 10.9. The summed E-state index contributed by atoms with van der Waals surface area (Å²) >= 11 is 0. The number of unbranched alkanes of at least 4 members (excludes halogenated alkanes) is 1. The van der Waals surface area contributed by atoms with Crippen LogP contribution in [0.2, 0.25) is 0 Å². The highest BCUT2D eigenvalue weighted by Gasteiger charge is 2.42. The second-order valence-electron chi connectivity index (χ2n) is 10.9. The summed E-state index contributed by atoms with van der Waals surface area (Å²) in [5, 5.41) is 16.6. The Morgan fingerprint density at radius 1 is 1.34 bits per heavy atom. The Balaban J connectivity index is 1.84. The number of hydrogen-bond acceptors (Lipinski definition) is 5. The molecule has 1 aromatic heterocycles. The van der Waals surface area contributed by atoms with Crippen molar-refractivity contribution in [2.45, 2.75) is 71.3 Å². The number of benzene rings is 1. The van der Waals surface area contributed by atoms with Crippen LogP contribution in [0.15, 0.2) is 28.7 Å². The van der Waals surface area contributed by atoms with Gasteiger partial charge in [0.25, 0.3) is 0 Å². The number of piperidine rings is 1. The number of aliphatic hydroxyl groups is 1. The fourth-order valence-electron chi connectivity index (χ4n) is 5.90. The van der Waals surface area contributed by atoms with Crippen molar-refractivity contribution in [1.82, 2.24) is 10.2 Å². The third-order valence-corrected chi connectivity index (χ3v) is 7.50. The van der Waals surface area contributed by atoms with E-state index >= 15 is 0 Å². The number of carbonyl (C=O) groups excluding carboxylic acids is 1. The van der Waals surface area contributed by atoms with E-state index in [2.05, 4.69) is 19.2 Å². The first-order valence-electron chi connectivity index (χ1n) is 13.4. The molecular formula is C29H46N2O4. The molecule has 1 aromatic carbocycles. The number of methoxy groups -OCH3 is 1. The van der Waals surface area contributed by atoms with Crippen LogP contribution in [0.25, 0.3) is 11.0 Å². The highest BCUT2D eigenvalue weighted by molar-refractivity contribution is 5.82. The number of likely N-dealkylation sites (tertiary alicyclic amines) is 1. The molecule has 0 bridgehead atoms. The number of furan rings is 1. The lowest BCUT2D eigenvalue weighted by atomic mass is 9.73. The Morgan fingerprint density at radius 2 is 2.14 bits per heavy atom. The molecule has 35 heavy (non-hydrogen) atoms. The predicted molar refractivity (Wildman–Crippen MR) is 141 cm³/mol. The van der Waals surface area contributed by atoms with Crippen molar-refractivity contribution in [3.63, 3.8) is 0 Å². The molecule has 2 N–H and O–H groups in total. The number of carbonyl (C=O) groups is 1. The summed E-state index contributed by atoms with van der Waals surface area (Å²) in [6.07, 6.45) is 5.76. The topological polar surface area (TPSA) is 74.9 Å². The van der Waals surface area contributed by atoms with E-state index in [4.69, 9.17) is 9.15 Å². The van der Waals surface area contributed by atoms with Crippen LogP contribution in [0.4, 0.5) is 0 Å². The fourth-order valence-corrected chi connectivity index (χ4v) is 5.90. The molecule has 0 radical (unpaired) electrons. The summed E-state index contributed by atoms with van der Waals surface area (Å²) < 4.78 is 11.3. The summed E-state index contributed by atoms with van der Waals surface area (Å²) in [5.41, 5.74) is 0.570. The van der Waals surface area contributed by atoms with Crippen LogP contribution in [0.1, 0.15) is 70.1 Å². The quantitative estimate of drug-likeness (QED) is 0.378. The van der Waals surface area contributed by atoms with Gasteiger partial charge in [-0.25, -0.2) is 0 Å². The molecular weight excluding hydrogens is 440 g/mol. The zero-order valence-electron chi connectivity index (χ0n) is 22.4. The minimum Gasteiger partial charge on any atom is -0.461 e. The van der Waals surface area contributed by atoms with Crippen LogP contribution in [0.5, 0.6) is 0 Å². The normalized spacial score (nSPS) is 19.3. The monoisotopic (exact) mass is 486 g/mol. The summed E-state index contributed by atoms with van der Waals surface area (Å²) in [6, 6.07) is 8.08. The first kappa shape index (κ1) is 27.7. The first-order valence-corrected chi connectivity index (χ1v) is 13.4. The number of rotatable bonds is 13. The lowest BCUT2D eigenvalue weighted by Gasteiger charge is -2.43. The molecule has 1 aliphatic rings. The molecule has 3 rings (SSSR count). The molecule has 1 saturated heterocycles. The van der Waals surface area contributed by atoms with E-state index in [1.807, 2.05) is 43.1 Å². The van der Waals surface area contributed by atoms with E-state index in [0.29, 0.717) is 37.8 Å². The Hall–Kier alpha value is -1.89. The van der Waals surface area contributed by atoms with E-state index < -0.39 is 5.60 Å². The van der Waals surface area contributed by atoms with Crippen LogP contribution >= 0.6 is 0 Å². The summed E-state index contributed by atoms with van der Waals surface area (Å²) in [5.74, 6) is 1.91. The first-order chi connectivity index (χ1) is 16.8. The van der Waals surface area contributed by atoms with Gasteiger partial charge in [0.05, 0.1) is 5.60 Å². The standard InChI is InChI=1S/C29H46N2O4/c1-21(2)16-23(19-30-4)18-27(32)31-14-9-11-25(20-31)29(33,13-6-7-15-34-5)26-12-8-10-24-17-22(3)35-28(24)26/h8,10,12,17,21,23,25,30,33H,6-7,9,11,13-16,18-20H2,1-5H3/t23-,25-,29+/m1/s1. The van der Waals surface area contributed by atoms with Gasteiger partial charge in [-0.15, -0.1) is 0 Å². The summed E-state index contributed by atoms with van der Waals surface area (Å²) in [7, 11) is 3.67. The van der Waals surface area contributed by atoms with Gasteiger partial charge in [0, 0.05) is 50.1 Å². The molecule has 3 atom stereocenters. The van der Waals surface area contributed by atoms with Crippen molar-refractivity contribution >= 4 is 16.9 Å². The van der Waals surface area contributed by atoms with Crippen molar-refractivity contribution in [3.05, 3.63) is 35.6 Å². The molecule has 1 aliphatic heterocycles. The Morgan fingerprint density at radius 3 is 2.86 bits per heavy atom. The zero-order valence-corrected chi connectivity index (χ0v) is 22.4. The van der Waals surface area contributed by atoms with Crippen molar-refractivity contribution in [2.24, 2.45) is 17.8 Å². The molecule has 0 spiro atoms. The predicted octanol–water partition coefficient (Wildman–Crippen LogP) is 5.26. The molecule has 2 aromatic rings. The lowest BCUT2D eigenvalue weighted by molar-refractivity contribution is -0.137. The molecule has 0 saturated carbocycles. The number of nitrogens with one attached hydrogen (secondary N) is 1. The maximum Gasteiger partial charge on any atom is 0.222 e. The molecule has 6 heteroatoms. The molecule has 1 amide bonds. The molecule has 0 aliphatic carbocycles. The SMILES string of the molecule is CNC[C@@H](CC(=O)N1CCC[C@@H]([C@@](O)(CCCCOC)c2cccc3cc(C)oc23)C1)CC(C)C. The molecule has 1 fully saturated rings. The number of amides is 1. The number of fused-ring (bicyclic) bond motifs is 1. The minimum atomic E-state index is -1.06. The van der Waals surface area contributed by atoms with Crippen LogP contribution in [0, 0.1) is 24.7 Å². The van der Waals surface area contributed by atoms with Gasteiger partial charge in [-0.05, 0) is 76.9 Å². The number of hydrogen-bond donors (Lipinski definition) is 2.